The van der Waals surface area contributed by atoms with Gasteiger partial charge in [-0.3, -0.25) is 0 Å². The molecule has 0 saturated heterocycles. The van der Waals surface area contributed by atoms with Crippen LogP contribution in [-0.4, -0.2) is 31.5 Å². The quantitative estimate of drug-likeness (QED) is 0.219. The van der Waals surface area contributed by atoms with Crippen LogP contribution in [0.1, 0.15) is 57.8 Å². The molecule has 1 aliphatic heterocycles. The number of benzene rings is 5. The minimum atomic E-state index is -0.431. The molecule has 2 bridgehead atoms. The summed E-state index contributed by atoms with van der Waals surface area (Å²) in [4.78, 5) is 0. The monoisotopic (exact) mass is 616 g/mol. The van der Waals surface area contributed by atoms with Gasteiger partial charge in [0.2, 0.25) is 0 Å². The largest absolute Gasteiger partial charge is 0.507 e. The fourth-order valence-corrected chi connectivity index (χ4v) is 5.81. The van der Waals surface area contributed by atoms with E-state index in [4.69, 9.17) is 23.7 Å². The molecule has 0 amide bonds. The third-order valence-electron chi connectivity index (χ3n) is 8.15. The van der Waals surface area contributed by atoms with E-state index < -0.39 is 24.4 Å². The van der Waals surface area contributed by atoms with Crippen molar-refractivity contribution in [2.24, 2.45) is 0 Å². The minimum Gasteiger partial charge on any atom is -0.507 e. The predicted octanol–water partition coefficient (Wildman–Crippen LogP) is 8.45. The highest BCUT2D eigenvalue weighted by molar-refractivity contribution is 5.40. The first-order valence-electron chi connectivity index (χ1n) is 15.8. The van der Waals surface area contributed by atoms with Gasteiger partial charge in [0.15, 0.2) is 0 Å². The first kappa shape index (κ1) is 31.7. The van der Waals surface area contributed by atoms with E-state index in [9.17, 15) is 5.11 Å². The molecule has 1 N–H and O–H groups in total. The Labute approximate surface area is 271 Å². The van der Waals surface area contributed by atoms with E-state index >= 15 is 0 Å². The van der Waals surface area contributed by atoms with Crippen LogP contribution in [-0.2, 0) is 36.9 Å². The first-order chi connectivity index (χ1) is 22.8. The number of para-hydroxylation sites is 1. The molecule has 4 atom stereocenters. The van der Waals surface area contributed by atoms with Gasteiger partial charge in [0.05, 0.1) is 39.6 Å². The van der Waals surface area contributed by atoms with Gasteiger partial charge in [0.25, 0.3) is 0 Å². The van der Waals surface area contributed by atoms with Crippen LogP contribution in [0.4, 0.5) is 0 Å². The molecule has 46 heavy (non-hydrogen) atoms. The van der Waals surface area contributed by atoms with Crippen LogP contribution in [0.25, 0.3) is 0 Å². The second-order valence-corrected chi connectivity index (χ2v) is 11.2. The van der Waals surface area contributed by atoms with Gasteiger partial charge in [-0.1, -0.05) is 140 Å². The van der Waals surface area contributed by atoms with E-state index in [1.807, 2.05) is 140 Å². The summed E-state index contributed by atoms with van der Waals surface area (Å²) < 4.78 is 32.3. The Hall–Kier alpha value is -4.30. The van der Waals surface area contributed by atoms with Gasteiger partial charge in [0.1, 0.15) is 30.2 Å². The molecule has 0 fully saturated rings. The van der Waals surface area contributed by atoms with Gasteiger partial charge in [-0.25, -0.2) is 0 Å². The lowest BCUT2D eigenvalue weighted by Crippen LogP contribution is -2.22. The zero-order valence-corrected chi connectivity index (χ0v) is 25.8. The van der Waals surface area contributed by atoms with Gasteiger partial charge in [-0.15, -0.1) is 0 Å². The highest BCUT2D eigenvalue weighted by Crippen LogP contribution is 2.39. The van der Waals surface area contributed by atoms with Crippen LogP contribution in [0.3, 0.4) is 0 Å². The predicted molar refractivity (Wildman–Crippen MR) is 177 cm³/mol. The van der Waals surface area contributed by atoms with E-state index in [1.165, 1.54) is 0 Å². The van der Waals surface area contributed by atoms with Crippen LogP contribution in [0.5, 0.6) is 5.75 Å². The van der Waals surface area contributed by atoms with Gasteiger partial charge in [-0.2, -0.15) is 0 Å². The molecule has 1 heterocycles. The summed E-state index contributed by atoms with van der Waals surface area (Å²) in [5, 5.41) is 11.5. The second kappa shape index (κ2) is 16.3. The summed E-state index contributed by atoms with van der Waals surface area (Å²) in [7, 11) is 0. The average molecular weight is 617 g/mol. The molecule has 5 aromatic carbocycles. The fraction of sp³-hybridized carbons (Fsp3) is 0.250. The van der Waals surface area contributed by atoms with Gasteiger partial charge in [0, 0.05) is 11.1 Å². The Bertz CT molecular complexity index is 1480. The Morgan fingerprint density at radius 1 is 0.370 bits per heavy atom. The Morgan fingerprint density at radius 2 is 0.696 bits per heavy atom. The maximum absolute atomic E-state index is 11.5. The SMILES string of the molecule is Oc1c2cccc1CO[C@H](c1ccccc1)C(c1ccccc1)OCCOCCO[C@H](c1ccccc1)C(c1ccccc1)OC2. The molecule has 0 spiro atoms. The summed E-state index contributed by atoms with van der Waals surface area (Å²) in [6.07, 6.45) is -1.66. The van der Waals surface area contributed by atoms with Crippen molar-refractivity contribution >= 4 is 0 Å². The van der Waals surface area contributed by atoms with Crippen molar-refractivity contribution in [3.05, 3.63) is 173 Å². The number of hydrogen-bond donors (Lipinski definition) is 1. The van der Waals surface area contributed by atoms with E-state index in [-0.39, 0.29) is 19.0 Å². The standard InChI is InChI=1S/C40H40O6/c41-36-34-22-13-23-35(36)29-46-40(33-20-11-4-12-21-33)38(31-16-7-2-8-17-31)44-27-25-42-24-26-43-37(30-14-5-1-6-15-30)39(45-28-34)32-18-9-3-10-19-32/h1-23,37-41H,24-29H2/t37-,38?,39?,40-/m1/s1. The Morgan fingerprint density at radius 3 is 1.04 bits per heavy atom. The van der Waals surface area contributed by atoms with Crippen LogP contribution >= 0.6 is 0 Å². The number of fused-ring (bicyclic) bond motifs is 2. The minimum absolute atomic E-state index is 0.157. The molecule has 0 aromatic heterocycles. The third kappa shape index (κ3) is 8.10. The van der Waals surface area contributed by atoms with Crippen LogP contribution in [0.2, 0.25) is 0 Å². The number of hydrogen-bond acceptors (Lipinski definition) is 6. The van der Waals surface area contributed by atoms with E-state index in [2.05, 4.69) is 0 Å². The van der Waals surface area contributed by atoms with Crippen LogP contribution in [0.15, 0.2) is 140 Å². The Balaban J connectivity index is 1.33. The molecular weight excluding hydrogens is 576 g/mol. The summed E-state index contributed by atoms with van der Waals surface area (Å²) >= 11 is 0. The molecule has 2 unspecified atom stereocenters. The highest BCUT2D eigenvalue weighted by Gasteiger charge is 2.29. The van der Waals surface area contributed by atoms with E-state index in [0.29, 0.717) is 37.6 Å². The summed E-state index contributed by atoms with van der Waals surface area (Å²) in [6, 6.07) is 46.0. The molecular formula is C40H40O6. The molecule has 6 nitrogen and oxygen atoms in total. The van der Waals surface area contributed by atoms with Crippen LogP contribution < -0.4 is 0 Å². The summed E-state index contributed by atoms with van der Waals surface area (Å²) in [6.45, 7) is 1.88. The van der Waals surface area contributed by atoms with Crippen molar-refractivity contribution in [2.75, 3.05) is 26.4 Å². The number of ether oxygens (including phenoxy) is 5. The van der Waals surface area contributed by atoms with Crippen molar-refractivity contribution in [2.45, 2.75) is 37.6 Å². The lowest BCUT2D eigenvalue weighted by atomic mass is 9.97. The van der Waals surface area contributed by atoms with Crippen molar-refractivity contribution < 1.29 is 28.8 Å². The molecule has 5 aromatic rings. The Kier molecular flexibility index (Phi) is 11.2. The number of aromatic hydroxyl groups is 1. The molecule has 0 saturated carbocycles. The third-order valence-corrected chi connectivity index (χ3v) is 8.15. The summed E-state index contributed by atoms with van der Waals surface area (Å²) in [5.41, 5.74) is 5.31. The van der Waals surface area contributed by atoms with Gasteiger partial charge < -0.3 is 28.8 Å². The molecule has 6 rings (SSSR count). The molecule has 0 aliphatic carbocycles. The number of rotatable bonds is 4. The van der Waals surface area contributed by atoms with Gasteiger partial charge in [-0.05, 0) is 22.3 Å². The molecule has 0 radical (unpaired) electrons. The smallest absolute Gasteiger partial charge is 0.126 e. The highest BCUT2D eigenvalue weighted by atomic mass is 16.6. The zero-order chi connectivity index (χ0) is 31.4. The maximum Gasteiger partial charge on any atom is 0.126 e. The topological polar surface area (TPSA) is 66.4 Å². The molecule has 1 aliphatic rings. The fourth-order valence-electron chi connectivity index (χ4n) is 5.81. The van der Waals surface area contributed by atoms with Crippen molar-refractivity contribution in [1.29, 1.82) is 0 Å². The van der Waals surface area contributed by atoms with Gasteiger partial charge >= 0.3 is 0 Å². The van der Waals surface area contributed by atoms with E-state index in [1.54, 1.807) is 0 Å². The second-order valence-electron chi connectivity index (χ2n) is 11.2. The maximum atomic E-state index is 11.5. The van der Waals surface area contributed by atoms with Crippen LogP contribution in [0, 0.1) is 0 Å². The van der Waals surface area contributed by atoms with Crippen molar-refractivity contribution in [1.82, 2.24) is 0 Å². The zero-order valence-electron chi connectivity index (χ0n) is 25.8. The molecule has 6 heteroatoms. The number of phenols is 1. The first-order valence-corrected chi connectivity index (χ1v) is 15.8. The average Bonchev–Trinajstić information content (AvgIpc) is 3.12. The summed E-state index contributed by atoms with van der Waals surface area (Å²) in [5.74, 6) is 0.157. The number of phenolic OH excluding ortho intramolecular Hbond substituents is 1. The van der Waals surface area contributed by atoms with E-state index in [0.717, 1.165) is 22.3 Å². The lowest BCUT2D eigenvalue weighted by Gasteiger charge is -2.30. The molecule has 236 valence electrons. The lowest BCUT2D eigenvalue weighted by molar-refractivity contribution is -0.109. The van der Waals surface area contributed by atoms with Crippen molar-refractivity contribution in [3.8, 4) is 5.75 Å². The normalized spacial score (nSPS) is 21.9. The van der Waals surface area contributed by atoms with Crippen molar-refractivity contribution in [3.63, 3.8) is 0 Å².